The van der Waals surface area contributed by atoms with E-state index in [1.807, 2.05) is 20.8 Å². The van der Waals surface area contributed by atoms with Crippen molar-refractivity contribution in [2.45, 2.75) is 51.8 Å². The van der Waals surface area contributed by atoms with Crippen LogP contribution in [0.5, 0.6) is 0 Å². The van der Waals surface area contributed by atoms with Crippen LogP contribution in [0, 0.1) is 0 Å². The first kappa shape index (κ1) is 18.4. The Labute approximate surface area is 128 Å². The third-order valence-corrected chi connectivity index (χ3v) is 3.62. The number of carbonyl (C=O) groups excluding carboxylic acids is 1. The molecule has 6 nitrogen and oxygen atoms in total. The molecule has 0 amide bonds. The average molecular weight is 300 g/mol. The number of esters is 1. The molecule has 1 aliphatic heterocycles. The molecule has 0 bridgehead atoms. The first-order chi connectivity index (χ1) is 9.81. The van der Waals surface area contributed by atoms with E-state index in [-0.39, 0.29) is 12.1 Å². The van der Waals surface area contributed by atoms with Gasteiger partial charge >= 0.3 is 5.97 Å². The van der Waals surface area contributed by atoms with E-state index >= 15 is 0 Å². The molecule has 21 heavy (non-hydrogen) atoms. The summed E-state index contributed by atoms with van der Waals surface area (Å²) in [5, 5.41) is 0. The van der Waals surface area contributed by atoms with Gasteiger partial charge in [0.1, 0.15) is 5.60 Å². The summed E-state index contributed by atoms with van der Waals surface area (Å²) in [4.78, 5) is 16.4. The zero-order chi connectivity index (χ0) is 15.9. The fraction of sp³-hybridized carbons (Fsp3) is 0.933. The van der Waals surface area contributed by atoms with E-state index in [1.165, 1.54) is 0 Å². The van der Waals surface area contributed by atoms with Crippen molar-refractivity contribution in [2.24, 2.45) is 11.5 Å². The highest BCUT2D eigenvalue weighted by Gasteiger charge is 2.22. The van der Waals surface area contributed by atoms with Gasteiger partial charge in [0.2, 0.25) is 0 Å². The Morgan fingerprint density at radius 2 is 1.86 bits per heavy atom. The van der Waals surface area contributed by atoms with Crippen molar-refractivity contribution < 1.29 is 9.53 Å². The van der Waals surface area contributed by atoms with Crippen LogP contribution in [-0.4, -0.2) is 66.8 Å². The summed E-state index contributed by atoms with van der Waals surface area (Å²) < 4.78 is 5.30. The molecule has 1 heterocycles. The Morgan fingerprint density at radius 1 is 1.24 bits per heavy atom. The first-order valence-corrected chi connectivity index (χ1v) is 7.96. The second kappa shape index (κ2) is 8.68. The highest BCUT2D eigenvalue weighted by atomic mass is 16.6. The second-order valence-electron chi connectivity index (χ2n) is 6.71. The molecule has 0 radical (unpaired) electrons. The summed E-state index contributed by atoms with van der Waals surface area (Å²) in [6.45, 7) is 11.4. The van der Waals surface area contributed by atoms with Gasteiger partial charge in [0.05, 0.1) is 6.17 Å². The third-order valence-electron chi connectivity index (χ3n) is 3.62. The Morgan fingerprint density at radius 3 is 2.38 bits per heavy atom. The summed E-state index contributed by atoms with van der Waals surface area (Å²) in [6.07, 6.45) is 2.02. The van der Waals surface area contributed by atoms with Crippen molar-refractivity contribution in [3.8, 4) is 0 Å². The molecule has 1 saturated heterocycles. The maximum absolute atomic E-state index is 11.7. The Kier molecular flexibility index (Phi) is 7.59. The van der Waals surface area contributed by atoms with Crippen LogP contribution in [0.4, 0.5) is 0 Å². The monoisotopic (exact) mass is 300 g/mol. The molecule has 6 heteroatoms. The molecule has 1 fully saturated rings. The van der Waals surface area contributed by atoms with Crippen LogP contribution in [-0.2, 0) is 9.53 Å². The van der Waals surface area contributed by atoms with Gasteiger partial charge in [-0.3, -0.25) is 9.69 Å². The Balaban J connectivity index is 2.22. The quantitative estimate of drug-likeness (QED) is 0.660. The van der Waals surface area contributed by atoms with Crippen LogP contribution in [0.25, 0.3) is 0 Å². The van der Waals surface area contributed by atoms with Crippen molar-refractivity contribution in [2.75, 3.05) is 39.3 Å². The summed E-state index contributed by atoms with van der Waals surface area (Å²) in [5.41, 5.74) is 11.3. The van der Waals surface area contributed by atoms with Crippen LogP contribution in [0.3, 0.4) is 0 Å². The highest BCUT2D eigenvalue weighted by Crippen LogP contribution is 2.12. The molecule has 0 spiro atoms. The molecule has 0 aromatic rings. The van der Waals surface area contributed by atoms with Crippen molar-refractivity contribution in [1.82, 2.24) is 9.80 Å². The molecule has 4 N–H and O–H groups in total. The van der Waals surface area contributed by atoms with Gasteiger partial charge in [0, 0.05) is 32.6 Å². The van der Waals surface area contributed by atoms with Crippen LogP contribution in [0.2, 0.25) is 0 Å². The first-order valence-electron chi connectivity index (χ1n) is 7.96. The van der Waals surface area contributed by atoms with E-state index in [0.29, 0.717) is 12.8 Å². The van der Waals surface area contributed by atoms with E-state index in [4.69, 9.17) is 16.2 Å². The van der Waals surface area contributed by atoms with E-state index in [2.05, 4.69) is 9.80 Å². The number of hydrogen-bond acceptors (Lipinski definition) is 6. The van der Waals surface area contributed by atoms with E-state index < -0.39 is 5.60 Å². The topological polar surface area (TPSA) is 84.8 Å². The van der Waals surface area contributed by atoms with E-state index in [1.54, 1.807) is 0 Å². The van der Waals surface area contributed by atoms with E-state index in [0.717, 1.165) is 45.7 Å². The average Bonchev–Trinajstić information content (AvgIpc) is 2.41. The molecule has 1 atom stereocenters. The highest BCUT2D eigenvalue weighted by molar-refractivity contribution is 5.69. The van der Waals surface area contributed by atoms with Crippen LogP contribution in [0.1, 0.15) is 40.0 Å². The molecule has 124 valence electrons. The van der Waals surface area contributed by atoms with Gasteiger partial charge in [0.25, 0.3) is 0 Å². The summed E-state index contributed by atoms with van der Waals surface area (Å²) >= 11 is 0. The minimum Gasteiger partial charge on any atom is -0.460 e. The van der Waals surface area contributed by atoms with Gasteiger partial charge < -0.3 is 21.1 Å². The maximum atomic E-state index is 11.7. The zero-order valence-electron chi connectivity index (χ0n) is 13.8. The van der Waals surface area contributed by atoms with Crippen molar-refractivity contribution in [3.63, 3.8) is 0 Å². The fourth-order valence-electron chi connectivity index (χ4n) is 2.47. The van der Waals surface area contributed by atoms with Gasteiger partial charge in [-0.1, -0.05) is 0 Å². The summed E-state index contributed by atoms with van der Waals surface area (Å²) in [6, 6.07) is 0. The number of ether oxygens (including phenoxy) is 1. The maximum Gasteiger partial charge on any atom is 0.306 e. The zero-order valence-corrected chi connectivity index (χ0v) is 13.8. The lowest BCUT2D eigenvalue weighted by atomic mass is 10.1. The molecule has 1 rings (SSSR count). The summed E-state index contributed by atoms with van der Waals surface area (Å²) in [5.74, 6) is -0.167. The number of carbonyl (C=O) groups is 1. The van der Waals surface area contributed by atoms with Crippen LogP contribution in [0.15, 0.2) is 0 Å². The fourth-order valence-corrected chi connectivity index (χ4v) is 2.47. The minimum absolute atomic E-state index is 0.0609. The van der Waals surface area contributed by atoms with Gasteiger partial charge in [0.15, 0.2) is 0 Å². The van der Waals surface area contributed by atoms with Gasteiger partial charge in [-0.05, 0) is 46.7 Å². The molecule has 1 aliphatic rings. The van der Waals surface area contributed by atoms with Crippen molar-refractivity contribution in [3.05, 3.63) is 0 Å². The SMILES string of the molecule is CC(C)(C)OC(=O)CCC(N)N1CCN(CCCN)CC1. The Bertz CT molecular complexity index is 309. The van der Waals surface area contributed by atoms with Crippen molar-refractivity contribution in [1.29, 1.82) is 0 Å². The molecule has 0 aliphatic carbocycles. The predicted molar refractivity (Wildman–Crippen MR) is 84.7 cm³/mol. The molecular formula is C15H32N4O2. The van der Waals surface area contributed by atoms with E-state index in [9.17, 15) is 4.79 Å². The van der Waals surface area contributed by atoms with Crippen LogP contribution >= 0.6 is 0 Å². The summed E-state index contributed by atoms with van der Waals surface area (Å²) in [7, 11) is 0. The third kappa shape index (κ3) is 7.76. The number of rotatable bonds is 7. The lowest BCUT2D eigenvalue weighted by molar-refractivity contribution is -0.155. The molecule has 0 aromatic heterocycles. The lowest BCUT2D eigenvalue weighted by Gasteiger charge is -2.37. The van der Waals surface area contributed by atoms with Crippen molar-refractivity contribution >= 4 is 5.97 Å². The van der Waals surface area contributed by atoms with Gasteiger partial charge in [-0.15, -0.1) is 0 Å². The largest absolute Gasteiger partial charge is 0.460 e. The van der Waals surface area contributed by atoms with Gasteiger partial charge in [-0.25, -0.2) is 0 Å². The van der Waals surface area contributed by atoms with Crippen LogP contribution < -0.4 is 11.5 Å². The number of nitrogens with two attached hydrogens (primary N) is 2. The lowest BCUT2D eigenvalue weighted by Crippen LogP contribution is -2.53. The predicted octanol–water partition coefficient (Wildman–Crippen LogP) is 0.360. The second-order valence-corrected chi connectivity index (χ2v) is 6.71. The number of piperazine rings is 1. The number of hydrogen-bond donors (Lipinski definition) is 2. The normalized spacial score (nSPS) is 19.5. The van der Waals surface area contributed by atoms with Gasteiger partial charge in [-0.2, -0.15) is 0 Å². The minimum atomic E-state index is -0.421. The molecule has 0 saturated carbocycles. The molecule has 1 unspecified atom stereocenters. The Hall–Kier alpha value is -0.690. The number of nitrogens with zero attached hydrogens (tertiary/aromatic N) is 2. The smallest absolute Gasteiger partial charge is 0.306 e. The molecular weight excluding hydrogens is 268 g/mol. The standard InChI is InChI=1S/C15H32N4O2/c1-15(2,3)21-14(20)6-5-13(17)19-11-9-18(10-12-19)8-4-7-16/h13H,4-12,16-17H2,1-3H3. The molecule has 0 aromatic carbocycles.